The Kier molecular flexibility index (Phi) is 12.9. The number of sulfonamides is 1. The van der Waals surface area contributed by atoms with Gasteiger partial charge in [-0.05, 0) is 82.9 Å². The van der Waals surface area contributed by atoms with Gasteiger partial charge in [-0.3, -0.25) is 13.9 Å². The van der Waals surface area contributed by atoms with Gasteiger partial charge in [0.2, 0.25) is 11.8 Å². The van der Waals surface area contributed by atoms with Gasteiger partial charge < -0.3 is 15.0 Å². The van der Waals surface area contributed by atoms with Crippen LogP contribution < -0.4 is 14.4 Å². The second kappa shape index (κ2) is 16.8. The number of nitrogens with one attached hydrogen (secondary N) is 1. The maximum absolute atomic E-state index is 14.6. The van der Waals surface area contributed by atoms with Gasteiger partial charge in [-0.2, -0.15) is 0 Å². The number of carbonyl (C=O) groups excluding carboxylic acids is 2. The molecule has 1 N–H and O–H groups in total. The third-order valence-corrected chi connectivity index (χ3v) is 10.3. The minimum atomic E-state index is -4.27. The van der Waals surface area contributed by atoms with Crippen molar-refractivity contribution in [3.8, 4) is 5.75 Å². The number of carbonyl (C=O) groups is 2. The molecule has 0 saturated carbocycles. The third kappa shape index (κ3) is 9.59. The molecule has 0 aliphatic rings. The van der Waals surface area contributed by atoms with Crippen LogP contribution in [0.3, 0.4) is 0 Å². The molecular weight excluding hydrogens is 702 g/mol. The van der Waals surface area contributed by atoms with Crippen LogP contribution in [0.4, 0.5) is 5.69 Å². The first-order valence-corrected chi connectivity index (χ1v) is 17.9. The van der Waals surface area contributed by atoms with Gasteiger partial charge in [0, 0.05) is 24.5 Å². The summed E-state index contributed by atoms with van der Waals surface area (Å²) in [6, 6.07) is 26.9. The summed E-state index contributed by atoms with van der Waals surface area (Å²) in [6.07, 6.45) is 1.90. The molecule has 248 valence electrons. The first kappa shape index (κ1) is 36.0. The molecule has 4 aromatic carbocycles. The fraction of sp³-hybridized carbons (Fsp3) is 0.278. The van der Waals surface area contributed by atoms with Crippen LogP contribution in [0.5, 0.6) is 5.75 Å². The van der Waals surface area contributed by atoms with E-state index in [0.29, 0.717) is 33.0 Å². The minimum absolute atomic E-state index is 0.0296. The van der Waals surface area contributed by atoms with Crippen molar-refractivity contribution >= 4 is 55.1 Å². The van der Waals surface area contributed by atoms with E-state index in [1.807, 2.05) is 50.2 Å². The average Bonchev–Trinajstić information content (AvgIpc) is 3.06. The largest absolute Gasteiger partial charge is 0.496 e. The number of methoxy groups -OCH3 is 1. The van der Waals surface area contributed by atoms with Gasteiger partial charge in [0.05, 0.1) is 22.2 Å². The molecule has 0 heterocycles. The highest BCUT2D eigenvalue weighted by Gasteiger charge is 2.35. The number of ether oxygens (including phenoxy) is 1. The summed E-state index contributed by atoms with van der Waals surface area (Å²) in [5.74, 6) is -0.401. The highest BCUT2D eigenvalue weighted by molar-refractivity contribution is 9.10. The molecular formula is C36H39BrClN3O5S. The number of nitrogens with zero attached hydrogens (tertiary/aromatic N) is 2. The summed E-state index contributed by atoms with van der Waals surface area (Å²) in [5.41, 5.74) is 2.80. The Morgan fingerprint density at radius 2 is 1.64 bits per heavy atom. The molecule has 0 fully saturated rings. The highest BCUT2D eigenvalue weighted by atomic mass is 79.9. The van der Waals surface area contributed by atoms with E-state index in [1.165, 1.54) is 24.1 Å². The Morgan fingerprint density at radius 1 is 0.936 bits per heavy atom. The van der Waals surface area contributed by atoms with Crippen molar-refractivity contribution in [1.82, 2.24) is 10.2 Å². The molecule has 0 radical (unpaired) electrons. The molecule has 1 atom stereocenters. The van der Waals surface area contributed by atoms with Gasteiger partial charge in [-0.25, -0.2) is 8.42 Å². The zero-order valence-electron chi connectivity index (χ0n) is 26.7. The van der Waals surface area contributed by atoms with Crippen LogP contribution in [0.15, 0.2) is 106 Å². The molecule has 4 aromatic rings. The molecule has 0 unspecified atom stereocenters. The smallest absolute Gasteiger partial charge is 0.264 e. The predicted molar refractivity (Wildman–Crippen MR) is 190 cm³/mol. The van der Waals surface area contributed by atoms with Crippen LogP contribution in [-0.2, 0) is 32.6 Å². The predicted octanol–water partition coefficient (Wildman–Crippen LogP) is 7.17. The average molecular weight is 741 g/mol. The van der Waals surface area contributed by atoms with Crippen LogP contribution in [0.1, 0.15) is 36.5 Å². The van der Waals surface area contributed by atoms with E-state index in [9.17, 15) is 18.0 Å². The van der Waals surface area contributed by atoms with Crippen molar-refractivity contribution in [2.24, 2.45) is 0 Å². The number of benzene rings is 4. The highest BCUT2D eigenvalue weighted by Crippen LogP contribution is 2.31. The van der Waals surface area contributed by atoms with Gasteiger partial charge in [0.15, 0.2) is 0 Å². The molecule has 0 aliphatic heterocycles. The van der Waals surface area contributed by atoms with Gasteiger partial charge >= 0.3 is 0 Å². The second-order valence-electron chi connectivity index (χ2n) is 11.1. The van der Waals surface area contributed by atoms with Crippen LogP contribution >= 0.6 is 27.5 Å². The number of halogens is 2. The summed E-state index contributed by atoms with van der Waals surface area (Å²) >= 11 is 9.71. The summed E-state index contributed by atoms with van der Waals surface area (Å²) in [6.45, 7) is 3.86. The van der Waals surface area contributed by atoms with Gasteiger partial charge in [0.1, 0.15) is 18.3 Å². The number of anilines is 1. The van der Waals surface area contributed by atoms with Crippen molar-refractivity contribution in [2.45, 2.75) is 50.6 Å². The Hall–Kier alpha value is -3.86. The zero-order valence-corrected chi connectivity index (χ0v) is 29.8. The number of hydrogen-bond acceptors (Lipinski definition) is 5. The Labute approximate surface area is 290 Å². The van der Waals surface area contributed by atoms with Crippen molar-refractivity contribution in [3.63, 3.8) is 0 Å². The Bertz CT molecular complexity index is 1770. The molecule has 0 saturated heterocycles. The molecule has 8 nitrogen and oxygen atoms in total. The molecule has 0 bridgehead atoms. The quantitative estimate of drug-likeness (QED) is 0.131. The van der Waals surface area contributed by atoms with E-state index in [4.69, 9.17) is 16.3 Å². The van der Waals surface area contributed by atoms with Crippen molar-refractivity contribution < 1.29 is 22.7 Å². The summed E-state index contributed by atoms with van der Waals surface area (Å²) < 4.78 is 35.4. The first-order valence-electron chi connectivity index (χ1n) is 15.3. The summed E-state index contributed by atoms with van der Waals surface area (Å²) in [5, 5.41) is 3.48. The monoisotopic (exact) mass is 739 g/mol. The summed E-state index contributed by atoms with van der Waals surface area (Å²) in [7, 11) is -2.78. The van der Waals surface area contributed by atoms with E-state index in [0.717, 1.165) is 28.3 Å². The van der Waals surface area contributed by atoms with Gasteiger partial charge in [-0.15, -0.1) is 0 Å². The van der Waals surface area contributed by atoms with E-state index in [1.54, 1.807) is 48.5 Å². The second-order valence-corrected chi connectivity index (χ2v) is 14.3. The molecule has 47 heavy (non-hydrogen) atoms. The number of hydrogen-bond donors (Lipinski definition) is 1. The van der Waals surface area contributed by atoms with Gasteiger partial charge in [-0.1, -0.05) is 85.1 Å². The van der Waals surface area contributed by atoms with E-state index in [2.05, 4.69) is 21.2 Å². The maximum atomic E-state index is 14.6. The molecule has 11 heteroatoms. The minimum Gasteiger partial charge on any atom is -0.496 e. The molecule has 0 aromatic heterocycles. The maximum Gasteiger partial charge on any atom is 0.264 e. The van der Waals surface area contributed by atoms with E-state index in [-0.39, 0.29) is 23.8 Å². The molecule has 0 spiro atoms. The van der Waals surface area contributed by atoms with Crippen molar-refractivity contribution in [3.05, 3.63) is 123 Å². The number of aryl methyl sites for hydroxylation is 1. The number of rotatable bonds is 15. The Balaban J connectivity index is 1.80. The third-order valence-electron chi connectivity index (χ3n) is 7.65. The SMILES string of the molecule is CCCCNC(=O)[C@H](Cc1ccccc1)N(Cc1cccc(Cl)c1)C(=O)CN(c1ccc(C)cc1)S(=O)(=O)c1ccc(OC)c(Br)c1. The Morgan fingerprint density at radius 3 is 2.28 bits per heavy atom. The molecule has 4 rings (SSSR count). The van der Waals surface area contributed by atoms with Crippen molar-refractivity contribution in [1.29, 1.82) is 0 Å². The normalized spacial score (nSPS) is 11.9. The first-order chi connectivity index (χ1) is 22.5. The lowest BCUT2D eigenvalue weighted by Crippen LogP contribution is -2.53. The fourth-order valence-corrected chi connectivity index (χ4v) is 7.41. The van der Waals surface area contributed by atoms with Crippen molar-refractivity contribution in [2.75, 3.05) is 24.5 Å². The van der Waals surface area contributed by atoms with E-state index >= 15 is 0 Å². The van der Waals surface area contributed by atoms with Crippen LogP contribution in [-0.4, -0.2) is 51.4 Å². The fourth-order valence-electron chi connectivity index (χ4n) is 5.07. The lowest BCUT2D eigenvalue weighted by atomic mass is 10.0. The number of unbranched alkanes of at least 4 members (excludes halogenated alkanes) is 1. The lowest BCUT2D eigenvalue weighted by molar-refractivity contribution is -0.140. The molecule has 0 aliphatic carbocycles. The zero-order chi connectivity index (χ0) is 34.0. The van der Waals surface area contributed by atoms with Crippen LogP contribution in [0.25, 0.3) is 0 Å². The van der Waals surface area contributed by atoms with Crippen LogP contribution in [0.2, 0.25) is 5.02 Å². The standard InChI is InChI=1S/C36H39BrClN3O5S/c1-4-5-20-39-36(43)33(22-27-10-7-6-8-11-27)40(24-28-12-9-13-29(38)21-28)35(42)25-41(30-16-14-26(2)15-17-30)47(44,45)31-18-19-34(46-3)32(37)23-31/h6-19,21,23,33H,4-5,20,22,24-25H2,1-3H3,(H,39,43)/t33-/m0/s1. The number of amides is 2. The lowest BCUT2D eigenvalue weighted by Gasteiger charge is -2.34. The van der Waals surface area contributed by atoms with Gasteiger partial charge in [0.25, 0.3) is 10.0 Å². The van der Waals surface area contributed by atoms with Crippen LogP contribution in [0, 0.1) is 6.92 Å². The van der Waals surface area contributed by atoms with E-state index < -0.39 is 28.5 Å². The summed E-state index contributed by atoms with van der Waals surface area (Å²) in [4.78, 5) is 29.9. The topological polar surface area (TPSA) is 96.0 Å². The molecule has 2 amide bonds.